The van der Waals surface area contributed by atoms with E-state index in [1.807, 2.05) is 6.92 Å². The standard InChI is InChI=1S/C11H15F2N3O2/c1-3-6-7(4-2)15-16-10(9(6)11(17)18)14-5-8(12)13/h8H,3-5H2,1-2H3,(H,14,16)(H,17,18). The van der Waals surface area contributed by atoms with E-state index in [-0.39, 0.29) is 11.4 Å². The Kier molecular flexibility index (Phi) is 4.94. The second-order valence-electron chi connectivity index (χ2n) is 3.63. The monoisotopic (exact) mass is 259 g/mol. The van der Waals surface area contributed by atoms with E-state index in [9.17, 15) is 13.6 Å². The Bertz CT molecular complexity index is 439. The summed E-state index contributed by atoms with van der Waals surface area (Å²) in [7, 11) is 0. The van der Waals surface area contributed by atoms with E-state index in [2.05, 4.69) is 15.5 Å². The molecule has 0 spiro atoms. The molecule has 0 bridgehead atoms. The molecule has 0 aliphatic rings. The van der Waals surface area contributed by atoms with Crippen molar-refractivity contribution in [1.82, 2.24) is 10.2 Å². The highest BCUT2D eigenvalue weighted by molar-refractivity contribution is 5.95. The molecule has 0 fully saturated rings. The SMILES string of the molecule is CCc1nnc(NCC(F)F)c(C(=O)O)c1CC. The van der Waals surface area contributed by atoms with E-state index in [1.54, 1.807) is 6.92 Å². The van der Waals surface area contributed by atoms with Gasteiger partial charge in [-0.25, -0.2) is 13.6 Å². The topological polar surface area (TPSA) is 75.1 Å². The molecule has 0 saturated heterocycles. The second-order valence-corrected chi connectivity index (χ2v) is 3.63. The van der Waals surface area contributed by atoms with Gasteiger partial charge in [-0.05, 0) is 18.4 Å². The van der Waals surface area contributed by atoms with Crippen molar-refractivity contribution in [3.8, 4) is 0 Å². The first-order chi connectivity index (χ1) is 8.51. The van der Waals surface area contributed by atoms with E-state index in [0.29, 0.717) is 24.1 Å². The largest absolute Gasteiger partial charge is 0.478 e. The molecular formula is C11H15F2N3O2. The number of halogens is 2. The van der Waals surface area contributed by atoms with Crippen LogP contribution in [0.5, 0.6) is 0 Å². The minimum Gasteiger partial charge on any atom is -0.478 e. The zero-order valence-electron chi connectivity index (χ0n) is 10.2. The molecule has 0 aliphatic carbocycles. The van der Waals surface area contributed by atoms with Crippen LogP contribution in [-0.2, 0) is 12.8 Å². The van der Waals surface area contributed by atoms with Crippen molar-refractivity contribution >= 4 is 11.8 Å². The Morgan fingerprint density at radius 3 is 2.44 bits per heavy atom. The maximum Gasteiger partial charge on any atom is 0.339 e. The summed E-state index contributed by atoms with van der Waals surface area (Å²) >= 11 is 0. The minimum atomic E-state index is -2.58. The summed E-state index contributed by atoms with van der Waals surface area (Å²) in [6, 6.07) is 0. The van der Waals surface area contributed by atoms with Crippen LogP contribution in [-0.4, -0.2) is 34.2 Å². The average molecular weight is 259 g/mol. The number of hydrogen-bond donors (Lipinski definition) is 2. The highest BCUT2D eigenvalue weighted by Gasteiger charge is 2.20. The normalized spacial score (nSPS) is 10.7. The van der Waals surface area contributed by atoms with Crippen LogP contribution in [0.4, 0.5) is 14.6 Å². The van der Waals surface area contributed by atoms with Crippen molar-refractivity contribution in [2.45, 2.75) is 33.1 Å². The van der Waals surface area contributed by atoms with Gasteiger partial charge in [-0.1, -0.05) is 13.8 Å². The first-order valence-corrected chi connectivity index (χ1v) is 5.64. The van der Waals surface area contributed by atoms with Gasteiger partial charge in [0.2, 0.25) is 0 Å². The van der Waals surface area contributed by atoms with E-state index in [0.717, 1.165) is 0 Å². The maximum atomic E-state index is 12.1. The third-order valence-corrected chi connectivity index (χ3v) is 2.48. The number of carbonyl (C=O) groups is 1. The number of carboxylic acids is 1. The first kappa shape index (κ1) is 14.3. The van der Waals surface area contributed by atoms with Gasteiger partial charge in [-0.15, -0.1) is 5.10 Å². The lowest BCUT2D eigenvalue weighted by Crippen LogP contribution is -2.18. The Hall–Kier alpha value is -1.79. The third kappa shape index (κ3) is 3.12. The summed E-state index contributed by atoms with van der Waals surface area (Å²) in [5, 5.41) is 19.0. The van der Waals surface area contributed by atoms with Gasteiger partial charge < -0.3 is 10.4 Å². The quantitative estimate of drug-likeness (QED) is 0.817. The number of aromatic carboxylic acids is 1. The lowest BCUT2D eigenvalue weighted by molar-refractivity contribution is 0.0695. The van der Waals surface area contributed by atoms with Crippen LogP contribution < -0.4 is 5.32 Å². The molecule has 1 rings (SSSR count). The smallest absolute Gasteiger partial charge is 0.339 e. The number of alkyl halides is 2. The fraction of sp³-hybridized carbons (Fsp3) is 0.545. The van der Waals surface area contributed by atoms with E-state index in [4.69, 9.17) is 5.11 Å². The summed E-state index contributed by atoms with van der Waals surface area (Å²) in [5.74, 6) is -1.29. The molecule has 0 amide bonds. The number of anilines is 1. The van der Waals surface area contributed by atoms with Gasteiger partial charge in [0.05, 0.1) is 12.2 Å². The van der Waals surface area contributed by atoms with Crippen LogP contribution in [0.15, 0.2) is 0 Å². The molecule has 0 aliphatic heterocycles. The predicted molar refractivity (Wildman–Crippen MR) is 62.2 cm³/mol. The van der Waals surface area contributed by atoms with Gasteiger partial charge in [0.15, 0.2) is 5.82 Å². The van der Waals surface area contributed by atoms with Crippen LogP contribution >= 0.6 is 0 Å². The number of carboxylic acid groups (broad SMARTS) is 1. The summed E-state index contributed by atoms with van der Waals surface area (Å²) < 4.78 is 24.2. The summed E-state index contributed by atoms with van der Waals surface area (Å²) in [5.41, 5.74) is 1.05. The molecule has 0 atom stereocenters. The van der Waals surface area contributed by atoms with Crippen LogP contribution in [0.1, 0.15) is 35.5 Å². The fourth-order valence-corrected chi connectivity index (χ4v) is 1.70. The Morgan fingerprint density at radius 1 is 1.33 bits per heavy atom. The van der Waals surface area contributed by atoms with Crippen molar-refractivity contribution < 1.29 is 18.7 Å². The Labute approximate surface area is 103 Å². The molecule has 5 nitrogen and oxygen atoms in total. The Balaban J connectivity index is 3.21. The Morgan fingerprint density at radius 2 is 2.00 bits per heavy atom. The second kappa shape index (κ2) is 6.23. The number of nitrogens with zero attached hydrogens (tertiary/aromatic N) is 2. The van der Waals surface area contributed by atoms with Gasteiger partial charge >= 0.3 is 5.97 Å². The van der Waals surface area contributed by atoms with E-state index >= 15 is 0 Å². The molecule has 1 heterocycles. The molecule has 0 radical (unpaired) electrons. The van der Waals surface area contributed by atoms with Gasteiger partial charge in [0.1, 0.15) is 5.56 Å². The number of hydrogen-bond acceptors (Lipinski definition) is 4. The molecule has 100 valence electrons. The molecule has 0 aromatic carbocycles. The third-order valence-electron chi connectivity index (χ3n) is 2.48. The maximum absolute atomic E-state index is 12.1. The molecule has 1 aromatic heterocycles. The summed E-state index contributed by atoms with van der Waals surface area (Å²) in [6.45, 7) is 2.98. The molecule has 7 heteroatoms. The van der Waals surface area contributed by atoms with Crippen molar-refractivity contribution in [2.75, 3.05) is 11.9 Å². The summed E-state index contributed by atoms with van der Waals surface area (Å²) in [4.78, 5) is 11.2. The highest BCUT2D eigenvalue weighted by atomic mass is 19.3. The van der Waals surface area contributed by atoms with E-state index in [1.165, 1.54) is 0 Å². The minimum absolute atomic E-state index is 0.0648. The fourth-order valence-electron chi connectivity index (χ4n) is 1.70. The molecule has 18 heavy (non-hydrogen) atoms. The number of aryl methyl sites for hydroxylation is 1. The number of aromatic nitrogens is 2. The molecule has 2 N–H and O–H groups in total. The van der Waals surface area contributed by atoms with Crippen LogP contribution in [0.3, 0.4) is 0 Å². The van der Waals surface area contributed by atoms with Crippen molar-refractivity contribution in [1.29, 1.82) is 0 Å². The van der Waals surface area contributed by atoms with Gasteiger partial charge in [-0.3, -0.25) is 0 Å². The van der Waals surface area contributed by atoms with Gasteiger partial charge in [0.25, 0.3) is 6.43 Å². The van der Waals surface area contributed by atoms with Crippen molar-refractivity contribution in [3.05, 3.63) is 16.8 Å². The number of rotatable bonds is 6. The molecular weight excluding hydrogens is 244 g/mol. The molecule has 0 saturated carbocycles. The van der Waals surface area contributed by atoms with E-state index < -0.39 is 18.9 Å². The van der Waals surface area contributed by atoms with Crippen molar-refractivity contribution in [3.63, 3.8) is 0 Å². The van der Waals surface area contributed by atoms with Crippen LogP contribution in [0.2, 0.25) is 0 Å². The lowest BCUT2D eigenvalue weighted by atomic mass is 10.0. The molecule has 1 aromatic rings. The lowest BCUT2D eigenvalue weighted by Gasteiger charge is -2.13. The van der Waals surface area contributed by atoms with Crippen LogP contribution in [0, 0.1) is 0 Å². The summed E-state index contributed by atoms with van der Waals surface area (Å²) in [6.07, 6.45) is -1.57. The zero-order chi connectivity index (χ0) is 13.7. The first-order valence-electron chi connectivity index (χ1n) is 5.64. The van der Waals surface area contributed by atoms with Crippen molar-refractivity contribution in [2.24, 2.45) is 0 Å². The predicted octanol–water partition coefficient (Wildman–Crippen LogP) is 1.98. The average Bonchev–Trinajstić information content (AvgIpc) is 2.34. The highest BCUT2D eigenvalue weighted by Crippen LogP contribution is 2.21. The van der Waals surface area contributed by atoms with Crippen LogP contribution in [0.25, 0.3) is 0 Å². The number of nitrogens with one attached hydrogen (secondary N) is 1. The zero-order valence-corrected chi connectivity index (χ0v) is 10.2. The van der Waals surface area contributed by atoms with Gasteiger partial charge in [0, 0.05) is 0 Å². The van der Waals surface area contributed by atoms with Gasteiger partial charge in [-0.2, -0.15) is 5.10 Å². The molecule has 0 unspecified atom stereocenters.